The molecule has 1 aliphatic heterocycles. The highest BCUT2D eigenvalue weighted by atomic mass is 35.5. The highest BCUT2D eigenvalue weighted by molar-refractivity contribution is 6.35. The van der Waals surface area contributed by atoms with Gasteiger partial charge < -0.3 is 14.6 Å². The van der Waals surface area contributed by atoms with Crippen LogP contribution < -0.4 is 10.2 Å². The van der Waals surface area contributed by atoms with Crippen LogP contribution in [0.15, 0.2) is 22.8 Å². The first-order chi connectivity index (χ1) is 8.66. The summed E-state index contributed by atoms with van der Waals surface area (Å²) in [5.41, 5.74) is 1.33. The fraction of sp³-hybridized carbons (Fsp3) is 0.385. The standard InChI is InChI=1S/C13H14ClFN2O/c1-8-7-17(4-3-16-8)12-11(14)10(15)6-9-2-5-18-13(9)12/h2,5-6,8,16H,3-4,7H2,1H3/t8-/m0/s1. The van der Waals surface area contributed by atoms with Gasteiger partial charge in [-0.1, -0.05) is 11.6 Å². The predicted molar refractivity (Wildman–Crippen MR) is 70.9 cm³/mol. The highest BCUT2D eigenvalue weighted by Crippen LogP contribution is 2.37. The maximum absolute atomic E-state index is 13.8. The van der Waals surface area contributed by atoms with Gasteiger partial charge in [0.15, 0.2) is 5.58 Å². The zero-order chi connectivity index (χ0) is 12.7. The quantitative estimate of drug-likeness (QED) is 0.862. The van der Waals surface area contributed by atoms with E-state index in [1.54, 1.807) is 12.3 Å². The van der Waals surface area contributed by atoms with Gasteiger partial charge in [-0.25, -0.2) is 4.39 Å². The molecule has 1 atom stereocenters. The van der Waals surface area contributed by atoms with Gasteiger partial charge in [0.05, 0.1) is 6.26 Å². The van der Waals surface area contributed by atoms with Gasteiger partial charge in [0.1, 0.15) is 16.5 Å². The number of benzene rings is 1. The lowest BCUT2D eigenvalue weighted by molar-refractivity contribution is 0.483. The molecule has 0 radical (unpaired) electrons. The minimum atomic E-state index is -0.397. The van der Waals surface area contributed by atoms with Crippen molar-refractivity contribution in [1.82, 2.24) is 5.32 Å². The highest BCUT2D eigenvalue weighted by Gasteiger charge is 2.23. The Hall–Kier alpha value is -1.26. The van der Waals surface area contributed by atoms with E-state index in [0.717, 1.165) is 25.0 Å². The van der Waals surface area contributed by atoms with Gasteiger partial charge in [-0.3, -0.25) is 0 Å². The summed E-state index contributed by atoms with van der Waals surface area (Å²) in [6.07, 6.45) is 1.57. The number of fused-ring (bicyclic) bond motifs is 1. The topological polar surface area (TPSA) is 28.4 Å². The maximum Gasteiger partial charge on any atom is 0.158 e. The fourth-order valence-corrected chi connectivity index (χ4v) is 2.72. The number of rotatable bonds is 1. The number of furan rings is 1. The minimum absolute atomic E-state index is 0.145. The zero-order valence-electron chi connectivity index (χ0n) is 10.0. The second-order valence-corrected chi connectivity index (χ2v) is 5.04. The second-order valence-electron chi connectivity index (χ2n) is 4.66. The molecule has 18 heavy (non-hydrogen) atoms. The van der Waals surface area contributed by atoms with Crippen LogP contribution in [0, 0.1) is 5.82 Å². The Morgan fingerprint density at radius 2 is 2.39 bits per heavy atom. The van der Waals surface area contributed by atoms with E-state index in [2.05, 4.69) is 17.1 Å². The van der Waals surface area contributed by atoms with Crippen molar-refractivity contribution in [3.63, 3.8) is 0 Å². The molecule has 5 heteroatoms. The number of hydrogen-bond acceptors (Lipinski definition) is 3. The molecular formula is C13H14ClFN2O. The summed E-state index contributed by atoms with van der Waals surface area (Å²) in [5.74, 6) is -0.397. The van der Waals surface area contributed by atoms with E-state index in [1.165, 1.54) is 6.07 Å². The molecule has 0 bridgehead atoms. The van der Waals surface area contributed by atoms with E-state index in [9.17, 15) is 4.39 Å². The molecule has 1 aromatic carbocycles. The summed E-state index contributed by atoms with van der Waals surface area (Å²) < 4.78 is 19.3. The number of halogens is 2. The van der Waals surface area contributed by atoms with Crippen LogP contribution in [0.4, 0.5) is 10.1 Å². The van der Waals surface area contributed by atoms with Crippen LogP contribution in [-0.4, -0.2) is 25.7 Å². The third-order valence-electron chi connectivity index (χ3n) is 3.30. The summed E-state index contributed by atoms with van der Waals surface area (Å²) in [4.78, 5) is 2.08. The lowest BCUT2D eigenvalue weighted by Crippen LogP contribution is -2.49. The molecule has 1 aromatic heterocycles. The zero-order valence-corrected chi connectivity index (χ0v) is 10.8. The predicted octanol–water partition coefficient (Wildman–Crippen LogP) is 3.02. The van der Waals surface area contributed by atoms with Crippen LogP contribution in [0.3, 0.4) is 0 Å². The summed E-state index contributed by atoms with van der Waals surface area (Å²) in [7, 11) is 0. The van der Waals surface area contributed by atoms with Crippen LogP contribution in [0.25, 0.3) is 11.0 Å². The second kappa shape index (κ2) is 4.44. The molecule has 1 saturated heterocycles. The van der Waals surface area contributed by atoms with Crippen LogP contribution >= 0.6 is 11.6 Å². The summed E-state index contributed by atoms with van der Waals surface area (Å²) in [5, 5.41) is 4.24. The Morgan fingerprint density at radius 1 is 1.56 bits per heavy atom. The smallest absolute Gasteiger partial charge is 0.158 e. The van der Waals surface area contributed by atoms with Crippen LogP contribution in [0.2, 0.25) is 5.02 Å². The molecule has 1 N–H and O–H groups in total. The van der Waals surface area contributed by atoms with Crippen molar-refractivity contribution >= 4 is 28.3 Å². The molecule has 96 valence electrons. The SMILES string of the molecule is C[C@H]1CN(c2c(Cl)c(F)cc3ccoc23)CCN1. The first-order valence-electron chi connectivity index (χ1n) is 6.00. The van der Waals surface area contributed by atoms with E-state index in [4.69, 9.17) is 16.0 Å². The van der Waals surface area contributed by atoms with Crippen LogP contribution in [0.1, 0.15) is 6.92 Å². The first kappa shape index (κ1) is 11.8. The third-order valence-corrected chi connectivity index (χ3v) is 3.66. The number of hydrogen-bond donors (Lipinski definition) is 1. The Kier molecular flexibility index (Phi) is 2.92. The van der Waals surface area contributed by atoms with Crippen LogP contribution in [-0.2, 0) is 0 Å². The van der Waals surface area contributed by atoms with Crippen molar-refractivity contribution in [2.24, 2.45) is 0 Å². The van der Waals surface area contributed by atoms with Crippen molar-refractivity contribution in [3.05, 3.63) is 29.2 Å². The number of piperazine rings is 1. The van der Waals surface area contributed by atoms with E-state index in [-0.39, 0.29) is 5.02 Å². The third kappa shape index (κ3) is 1.85. The van der Waals surface area contributed by atoms with Crippen molar-refractivity contribution in [2.75, 3.05) is 24.5 Å². The summed E-state index contributed by atoms with van der Waals surface area (Å²) >= 11 is 6.11. The maximum atomic E-state index is 13.8. The number of nitrogens with zero attached hydrogens (tertiary/aromatic N) is 1. The monoisotopic (exact) mass is 268 g/mol. The van der Waals surface area contributed by atoms with Gasteiger partial charge in [-0.15, -0.1) is 0 Å². The van der Waals surface area contributed by atoms with Gasteiger partial charge in [-0.05, 0) is 19.1 Å². The van der Waals surface area contributed by atoms with E-state index in [0.29, 0.717) is 17.3 Å². The average molecular weight is 269 g/mol. The Morgan fingerprint density at radius 3 is 3.17 bits per heavy atom. The molecule has 0 aliphatic carbocycles. The van der Waals surface area contributed by atoms with Crippen LogP contribution in [0.5, 0.6) is 0 Å². The van der Waals surface area contributed by atoms with Gasteiger partial charge in [-0.2, -0.15) is 0 Å². The minimum Gasteiger partial charge on any atom is -0.462 e. The molecule has 0 spiro atoms. The Labute approximate surface area is 110 Å². The summed E-state index contributed by atoms with van der Waals surface area (Å²) in [6.45, 7) is 4.54. The van der Waals surface area contributed by atoms with Crippen molar-refractivity contribution in [1.29, 1.82) is 0 Å². The molecule has 2 heterocycles. The molecule has 1 aliphatic rings. The van der Waals surface area contributed by atoms with E-state index < -0.39 is 5.82 Å². The lowest BCUT2D eigenvalue weighted by Gasteiger charge is -2.34. The summed E-state index contributed by atoms with van der Waals surface area (Å²) in [6, 6.07) is 3.52. The fourth-order valence-electron chi connectivity index (χ4n) is 2.46. The Bertz CT molecular complexity index is 584. The number of anilines is 1. The van der Waals surface area contributed by atoms with Gasteiger partial charge in [0, 0.05) is 31.1 Å². The average Bonchev–Trinajstić information content (AvgIpc) is 2.78. The molecular weight excluding hydrogens is 255 g/mol. The normalized spacial score (nSPS) is 20.6. The van der Waals surface area contributed by atoms with Crippen molar-refractivity contribution in [3.8, 4) is 0 Å². The van der Waals surface area contributed by atoms with Gasteiger partial charge >= 0.3 is 0 Å². The molecule has 0 saturated carbocycles. The molecule has 0 amide bonds. The Balaban J connectivity index is 2.14. The van der Waals surface area contributed by atoms with Gasteiger partial charge in [0.25, 0.3) is 0 Å². The molecule has 3 rings (SSSR count). The first-order valence-corrected chi connectivity index (χ1v) is 6.38. The number of nitrogens with one attached hydrogen (secondary N) is 1. The molecule has 0 unspecified atom stereocenters. The molecule has 2 aromatic rings. The van der Waals surface area contributed by atoms with E-state index >= 15 is 0 Å². The van der Waals surface area contributed by atoms with E-state index in [1.807, 2.05) is 0 Å². The lowest BCUT2D eigenvalue weighted by atomic mass is 10.1. The molecule has 1 fully saturated rings. The van der Waals surface area contributed by atoms with Crippen molar-refractivity contribution < 1.29 is 8.81 Å². The van der Waals surface area contributed by atoms with Crippen molar-refractivity contribution in [2.45, 2.75) is 13.0 Å². The largest absolute Gasteiger partial charge is 0.462 e. The molecule has 3 nitrogen and oxygen atoms in total. The van der Waals surface area contributed by atoms with Gasteiger partial charge in [0.2, 0.25) is 0 Å².